The molecule has 0 aromatic carbocycles. The molecule has 0 bridgehead atoms. The number of carboxylic acid groups (broad SMARTS) is 1. The van der Waals surface area contributed by atoms with Crippen molar-refractivity contribution in [2.45, 2.75) is 12.8 Å². The monoisotopic (exact) mass is 250 g/mol. The molecule has 1 saturated heterocycles. The molecule has 98 valence electrons. The van der Waals surface area contributed by atoms with Crippen LogP contribution in [0.3, 0.4) is 0 Å². The van der Waals surface area contributed by atoms with Crippen molar-refractivity contribution in [3.8, 4) is 0 Å². The molecule has 1 aromatic heterocycles. The molecule has 2 rings (SSSR count). The number of pyridine rings is 1. The highest BCUT2D eigenvalue weighted by atomic mass is 16.5. The SMILES string of the molecule is COCC1CCN(c2cccnc2C(=O)O)CC1. The number of nitrogens with zero attached hydrogens (tertiary/aromatic N) is 2. The second-order valence-corrected chi connectivity index (χ2v) is 4.56. The maximum absolute atomic E-state index is 11.1. The van der Waals surface area contributed by atoms with E-state index in [2.05, 4.69) is 9.88 Å². The predicted octanol–water partition coefficient (Wildman–Crippen LogP) is 1.64. The number of anilines is 1. The fourth-order valence-corrected chi connectivity index (χ4v) is 2.39. The van der Waals surface area contributed by atoms with Crippen molar-refractivity contribution in [3.63, 3.8) is 0 Å². The Hall–Kier alpha value is -1.62. The van der Waals surface area contributed by atoms with Crippen LogP contribution >= 0.6 is 0 Å². The molecule has 0 amide bonds. The van der Waals surface area contributed by atoms with Crippen LogP contribution in [-0.4, -0.2) is 42.9 Å². The van der Waals surface area contributed by atoms with Crippen molar-refractivity contribution in [3.05, 3.63) is 24.0 Å². The smallest absolute Gasteiger partial charge is 0.356 e. The fourth-order valence-electron chi connectivity index (χ4n) is 2.39. The summed E-state index contributed by atoms with van der Waals surface area (Å²) >= 11 is 0. The molecule has 0 unspecified atom stereocenters. The van der Waals surface area contributed by atoms with Gasteiger partial charge in [-0.3, -0.25) is 0 Å². The van der Waals surface area contributed by atoms with Crippen LogP contribution < -0.4 is 4.90 Å². The van der Waals surface area contributed by atoms with Gasteiger partial charge in [-0.2, -0.15) is 0 Å². The van der Waals surface area contributed by atoms with E-state index >= 15 is 0 Å². The summed E-state index contributed by atoms with van der Waals surface area (Å²) in [6.07, 6.45) is 3.58. The summed E-state index contributed by atoms with van der Waals surface area (Å²) in [4.78, 5) is 17.2. The number of rotatable bonds is 4. The second-order valence-electron chi connectivity index (χ2n) is 4.56. The van der Waals surface area contributed by atoms with Gasteiger partial charge in [-0.25, -0.2) is 9.78 Å². The number of carbonyl (C=O) groups is 1. The Kier molecular flexibility index (Phi) is 4.15. The van der Waals surface area contributed by atoms with Crippen LogP contribution in [0.4, 0.5) is 5.69 Å². The van der Waals surface area contributed by atoms with Crippen molar-refractivity contribution < 1.29 is 14.6 Å². The van der Waals surface area contributed by atoms with Crippen molar-refractivity contribution in [1.82, 2.24) is 4.98 Å². The highest BCUT2D eigenvalue weighted by molar-refractivity contribution is 5.92. The number of aromatic nitrogens is 1. The third kappa shape index (κ3) is 2.79. The van der Waals surface area contributed by atoms with Crippen molar-refractivity contribution in [2.75, 3.05) is 31.7 Å². The summed E-state index contributed by atoms with van der Waals surface area (Å²) in [5.74, 6) is -0.388. The number of methoxy groups -OCH3 is 1. The Morgan fingerprint density at radius 3 is 2.89 bits per heavy atom. The van der Waals surface area contributed by atoms with Gasteiger partial charge >= 0.3 is 5.97 Å². The standard InChI is InChI=1S/C13H18N2O3/c1-18-9-10-4-7-15(8-5-10)11-3-2-6-14-12(11)13(16)17/h2-3,6,10H,4-5,7-9H2,1H3,(H,16,17). The number of piperidine rings is 1. The van der Waals surface area contributed by atoms with Gasteiger partial charge in [0, 0.05) is 33.0 Å². The molecular weight excluding hydrogens is 232 g/mol. The van der Waals surface area contributed by atoms with Crippen LogP contribution in [-0.2, 0) is 4.74 Å². The zero-order valence-electron chi connectivity index (χ0n) is 10.5. The first-order chi connectivity index (χ1) is 8.72. The van der Waals surface area contributed by atoms with E-state index in [0.717, 1.165) is 38.2 Å². The molecule has 1 aliphatic rings. The maximum atomic E-state index is 11.1. The fraction of sp³-hybridized carbons (Fsp3) is 0.538. The Morgan fingerprint density at radius 2 is 2.28 bits per heavy atom. The average molecular weight is 250 g/mol. The third-order valence-corrected chi connectivity index (χ3v) is 3.35. The number of ether oxygens (including phenoxy) is 1. The van der Waals surface area contributed by atoms with Crippen molar-refractivity contribution in [2.24, 2.45) is 5.92 Å². The molecule has 5 heteroatoms. The topological polar surface area (TPSA) is 62.7 Å². The molecule has 1 fully saturated rings. The van der Waals surface area contributed by atoms with Crippen LogP contribution in [0.15, 0.2) is 18.3 Å². The third-order valence-electron chi connectivity index (χ3n) is 3.35. The highest BCUT2D eigenvalue weighted by Gasteiger charge is 2.23. The van der Waals surface area contributed by atoms with E-state index in [1.807, 2.05) is 6.07 Å². The number of carboxylic acids is 1. The molecule has 0 saturated carbocycles. The van der Waals surface area contributed by atoms with E-state index in [0.29, 0.717) is 5.92 Å². The van der Waals surface area contributed by atoms with Gasteiger partial charge in [-0.15, -0.1) is 0 Å². The molecule has 18 heavy (non-hydrogen) atoms. The Balaban J connectivity index is 2.07. The lowest BCUT2D eigenvalue weighted by atomic mass is 9.97. The van der Waals surface area contributed by atoms with Gasteiger partial charge in [-0.05, 0) is 30.9 Å². The van der Waals surface area contributed by atoms with Crippen LogP contribution in [0.1, 0.15) is 23.3 Å². The van der Waals surface area contributed by atoms with Crippen LogP contribution in [0.5, 0.6) is 0 Å². The molecule has 2 heterocycles. The minimum Gasteiger partial charge on any atom is -0.476 e. The number of hydrogen-bond acceptors (Lipinski definition) is 4. The molecule has 0 atom stereocenters. The molecule has 0 aliphatic carbocycles. The molecule has 1 aromatic rings. The Labute approximate surface area is 106 Å². The summed E-state index contributed by atoms with van der Waals surface area (Å²) < 4.78 is 5.16. The van der Waals surface area contributed by atoms with Gasteiger partial charge in [0.2, 0.25) is 0 Å². The van der Waals surface area contributed by atoms with Crippen LogP contribution in [0.2, 0.25) is 0 Å². The van der Waals surface area contributed by atoms with Crippen LogP contribution in [0, 0.1) is 5.92 Å². The molecule has 1 aliphatic heterocycles. The molecular formula is C13H18N2O3. The van der Waals surface area contributed by atoms with E-state index in [4.69, 9.17) is 9.84 Å². The molecule has 0 spiro atoms. The molecule has 1 N–H and O–H groups in total. The van der Waals surface area contributed by atoms with Gasteiger partial charge in [0.1, 0.15) is 0 Å². The lowest BCUT2D eigenvalue weighted by Crippen LogP contribution is -2.36. The maximum Gasteiger partial charge on any atom is 0.356 e. The molecule has 0 radical (unpaired) electrons. The zero-order chi connectivity index (χ0) is 13.0. The number of aromatic carboxylic acids is 1. The Morgan fingerprint density at radius 1 is 1.56 bits per heavy atom. The predicted molar refractivity (Wildman–Crippen MR) is 68.0 cm³/mol. The lowest BCUT2D eigenvalue weighted by molar-refractivity contribution is 0.0691. The van der Waals surface area contributed by atoms with Crippen molar-refractivity contribution >= 4 is 11.7 Å². The minimum absolute atomic E-state index is 0.141. The zero-order valence-corrected chi connectivity index (χ0v) is 10.5. The van der Waals surface area contributed by atoms with E-state index in [9.17, 15) is 4.79 Å². The van der Waals surface area contributed by atoms with Gasteiger partial charge in [0.25, 0.3) is 0 Å². The van der Waals surface area contributed by atoms with Gasteiger partial charge < -0.3 is 14.7 Å². The first-order valence-electron chi connectivity index (χ1n) is 6.14. The average Bonchev–Trinajstić information content (AvgIpc) is 2.40. The first-order valence-corrected chi connectivity index (χ1v) is 6.14. The second kappa shape index (κ2) is 5.82. The normalized spacial score (nSPS) is 16.8. The van der Waals surface area contributed by atoms with Crippen LogP contribution in [0.25, 0.3) is 0 Å². The minimum atomic E-state index is -0.968. The van der Waals surface area contributed by atoms with E-state index in [1.165, 1.54) is 6.20 Å². The Bertz CT molecular complexity index is 414. The largest absolute Gasteiger partial charge is 0.476 e. The van der Waals surface area contributed by atoms with E-state index in [1.54, 1.807) is 13.2 Å². The molecule has 5 nitrogen and oxygen atoms in total. The summed E-state index contributed by atoms with van der Waals surface area (Å²) in [7, 11) is 1.72. The van der Waals surface area contributed by atoms with Gasteiger partial charge in [0.05, 0.1) is 5.69 Å². The van der Waals surface area contributed by atoms with Gasteiger partial charge in [0.15, 0.2) is 5.69 Å². The summed E-state index contributed by atoms with van der Waals surface area (Å²) in [5, 5.41) is 9.12. The highest BCUT2D eigenvalue weighted by Crippen LogP contribution is 2.25. The van der Waals surface area contributed by atoms with Gasteiger partial charge in [-0.1, -0.05) is 0 Å². The van der Waals surface area contributed by atoms with E-state index in [-0.39, 0.29) is 5.69 Å². The lowest BCUT2D eigenvalue weighted by Gasteiger charge is -2.33. The summed E-state index contributed by atoms with van der Waals surface area (Å²) in [6.45, 7) is 2.51. The first kappa shape index (κ1) is 12.8. The summed E-state index contributed by atoms with van der Waals surface area (Å²) in [5.41, 5.74) is 0.864. The number of hydrogen-bond donors (Lipinski definition) is 1. The van der Waals surface area contributed by atoms with Crippen molar-refractivity contribution in [1.29, 1.82) is 0 Å². The van der Waals surface area contributed by atoms with E-state index < -0.39 is 5.97 Å². The quantitative estimate of drug-likeness (QED) is 0.880. The summed E-state index contributed by atoms with van der Waals surface area (Å²) in [6, 6.07) is 3.61.